The van der Waals surface area contributed by atoms with Crippen LogP contribution < -0.4 is 10.6 Å². The van der Waals surface area contributed by atoms with Crippen molar-refractivity contribution in [2.45, 2.75) is 52.7 Å². The predicted molar refractivity (Wildman–Crippen MR) is 109 cm³/mol. The number of amides is 1. The monoisotopic (exact) mass is 458 g/mol. The van der Waals surface area contributed by atoms with E-state index in [0.29, 0.717) is 19.7 Å². The summed E-state index contributed by atoms with van der Waals surface area (Å²) < 4.78 is 10.4. The van der Waals surface area contributed by atoms with E-state index >= 15 is 0 Å². The fourth-order valence-corrected chi connectivity index (χ4v) is 1.83. The smallest absolute Gasteiger partial charge is 0.410 e. The molecular weight excluding hydrogens is 423 g/mol. The van der Waals surface area contributed by atoms with Crippen LogP contribution in [0.25, 0.3) is 0 Å². The SMILES string of the molecule is CN=C(NCCCN(C(=O)OC(C)(C)C)C(C)C)NCCOC.I. The maximum atomic E-state index is 12.2. The summed E-state index contributed by atoms with van der Waals surface area (Å²) in [7, 11) is 3.39. The third-order valence-corrected chi connectivity index (χ3v) is 2.94. The van der Waals surface area contributed by atoms with Crippen LogP contribution in [0.15, 0.2) is 4.99 Å². The lowest BCUT2D eigenvalue weighted by atomic mass is 10.2. The Morgan fingerprint density at radius 2 is 1.79 bits per heavy atom. The van der Waals surface area contributed by atoms with Gasteiger partial charge in [-0.05, 0) is 41.0 Å². The Bertz CT molecular complexity index is 371. The molecule has 0 aromatic heterocycles. The van der Waals surface area contributed by atoms with Gasteiger partial charge in [0.05, 0.1) is 6.61 Å². The molecule has 0 aromatic carbocycles. The standard InChI is InChI=1S/C16H34N4O3.HI/c1-13(2)20(15(21)23-16(3,4)5)11-8-9-18-14(17-6)19-10-12-22-7;/h13H,8-12H2,1-7H3,(H2,17,18,19);1H. The van der Waals surface area contributed by atoms with Crippen molar-refractivity contribution >= 4 is 36.0 Å². The van der Waals surface area contributed by atoms with Crippen LogP contribution in [0.4, 0.5) is 4.79 Å². The van der Waals surface area contributed by atoms with Gasteiger partial charge in [-0.3, -0.25) is 4.99 Å². The maximum Gasteiger partial charge on any atom is 0.410 e. The molecular formula is C16H35IN4O3. The summed E-state index contributed by atoms with van der Waals surface area (Å²) in [6, 6.07) is 0.101. The number of aliphatic imine (C=N–C) groups is 1. The van der Waals surface area contributed by atoms with E-state index < -0.39 is 5.60 Å². The summed E-state index contributed by atoms with van der Waals surface area (Å²) in [5, 5.41) is 6.36. The Balaban J connectivity index is 0. The van der Waals surface area contributed by atoms with E-state index in [-0.39, 0.29) is 36.1 Å². The van der Waals surface area contributed by atoms with Gasteiger partial charge in [0, 0.05) is 39.8 Å². The summed E-state index contributed by atoms with van der Waals surface area (Å²) in [6.07, 6.45) is 0.540. The molecule has 0 fully saturated rings. The van der Waals surface area contributed by atoms with Gasteiger partial charge in [0.25, 0.3) is 0 Å². The van der Waals surface area contributed by atoms with Crippen LogP contribution in [-0.4, -0.2) is 69.0 Å². The number of carbonyl (C=O) groups is 1. The quantitative estimate of drug-likeness (QED) is 0.253. The van der Waals surface area contributed by atoms with E-state index in [9.17, 15) is 4.79 Å². The summed E-state index contributed by atoms with van der Waals surface area (Å²) in [6.45, 7) is 12.3. The lowest BCUT2D eigenvalue weighted by Gasteiger charge is -2.30. The van der Waals surface area contributed by atoms with Gasteiger partial charge in [-0.25, -0.2) is 4.79 Å². The highest BCUT2D eigenvalue weighted by Crippen LogP contribution is 2.12. The average molecular weight is 458 g/mol. The van der Waals surface area contributed by atoms with Gasteiger partial charge in [-0.1, -0.05) is 0 Å². The molecule has 0 bridgehead atoms. The highest BCUT2D eigenvalue weighted by molar-refractivity contribution is 14.0. The first-order chi connectivity index (χ1) is 10.7. The molecule has 0 aromatic rings. The molecule has 2 N–H and O–H groups in total. The number of hydrogen-bond donors (Lipinski definition) is 2. The second-order valence-electron chi connectivity index (χ2n) is 6.54. The number of methoxy groups -OCH3 is 1. The molecule has 24 heavy (non-hydrogen) atoms. The van der Waals surface area contributed by atoms with Gasteiger partial charge in [0.2, 0.25) is 0 Å². The second kappa shape index (κ2) is 13.5. The molecule has 0 heterocycles. The molecule has 7 nitrogen and oxygen atoms in total. The average Bonchev–Trinajstić information content (AvgIpc) is 2.42. The van der Waals surface area contributed by atoms with Gasteiger partial charge in [0.1, 0.15) is 5.60 Å². The number of hydrogen-bond acceptors (Lipinski definition) is 4. The molecule has 0 saturated heterocycles. The molecule has 0 saturated carbocycles. The Morgan fingerprint density at radius 1 is 1.21 bits per heavy atom. The maximum absolute atomic E-state index is 12.2. The minimum atomic E-state index is -0.476. The molecule has 8 heteroatoms. The first-order valence-corrected chi connectivity index (χ1v) is 8.14. The number of guanidine groups is 1. The molecule has 0 rings (SSSR count). The summed E-state index contributed by atoms with van der Waals surface area (Å²) in [4.78, 5) is 18.1. The lowest BCUT2D eigenvalue weighted by Crippen LogP contribution is -2.43. The van der Waals surface area contributed by atoms with Crippen molar-refractivity contribution in [3.63, 3.8) is 0 Å². The summed E-state index contributed by atoms with van der Waals surface area (Å²) in [5.74, 6) is 0.732. The molecule has 144 valence electrons. The first-order valence-electron chi connectivity index (χ1n) is 8.14. The topological polar surface area (TPSA) is 75.2 Å². The zero-order valence-corrected chi connectivity index (χ0v) is 18.5. The molecule has 0 aliphatic rings. The molecule has 1 amide bonds. The Hall–Kier alpha value is -0.770. The predicted octanol–water partition coefficient (Wildman–Crippen LogP) is 2.45. The lowest BCUT2D eigenvalue weighted by molar-refractivity contribution is 0.0190. The number of nitrogens with one attached hydrogen (secondary N) is 2. The zero-order chi connectivity index (χ0) is 17.9. The van der Waals surface area contributed by atoms with Crippen molar-refractivity contribution in [1.82, 2.24) is 15.5 Å². The van der Waals surface area contributed by atoms with Gasteiger partial charge >= 0.3 is 6.09 Å². The minimum absolute atomic E-state index is 0. The van der Waals surface area contributed by atoms with Crippen molar-refractivity contribution in [3.8, 4) is 0 Å². The van der Waals surface area contributed by atoms with Gasteiger partial charge in [0.15, 0.2) is 5.96 Å². The van der Waals surface area contributed by atoms with Crippen LogP contribution in [0.1, 0.15) is 41.0 Å². The number of ether oxygens (including phenoxy) is 2. The minimum Gasteiger partial charge on any atom is -0.444 e. The van der Waals surface area contributed by atoms with Crippen LogP contribution in [0, 0.1) is 0 Å². The number of halogens is 1. The van der Waals surface area contributed by atoms with Crippen LogP contribution in [0.3, 0.4) is 0 Å². The Labute approximate surface area is 164 Å². The van der Waals surface area contributed by atoms with Crippen molar-refractivity contribution in [3.05, 3.63) is 0 Å². The van der Waals surface area contributed by atoms with Crippen molar-refractivity contribution < 1.29 is 14.3 Å². The van der Waals surface area contributed by atoms with Crippen LogP contribution in [-0.2, 0) is 9.47 Å². The molecule has 0 unspecified atom stereocenters. The van der Waals surface area contributed by atoms with Gasteiger partial charge in [-0.2, -0.15) is 0 Å². The number of carbonyl (C=O) groups excluding carboxylic acids is 1. The van der Waals surface area contributed by atoms with E-state index in [0.717, 1.165) is 18.9 Å². The van der Waals surface area contributed by atoms with Crippen LogP contribution in [0.5, 0.6) is 0 Å². The van der Waals surface area contributed by atoms with Gasteiger partial charge < -0.3 is 25.0 Å². The number of nitrogens with zero attached hydrogens (tertiary/aromatic N) is 2. The third kappa shape index (κ3) is 12.6. The normalized spacial score (nSPS) is 11.8. The highest BCUT2D eigenvalue weighted by atomic mass is 127. The summed E-state index contributed by atoms with van der Waals surface area (Å²) >= 11 is 0. The fraction of sp³-hybridized carbons (Fsp3) is 0.875. The van der Waals surface area contributed by atoms with E-state index in [1.54, 1.807) is 19.1 Å². The molecule has 0 atom stereocenters. The first kappa shape index (κ1) is 25.5. The van der Waals surface area contributed by atoms with E-state index in [1.807, 2.05) is 34.6 Å². The van der Waals surface area contributed by atoms with Crippen LogP contribution in [0.2, 0.25) is 0 Å². The molecule has 0 aliphatic heterocycles. The second-order valence-corrected chi connectivity index (χ2v) is 6.54. The van der Waals surface area contributed by atoms with Crippen molar-refractivity contribution in [2.75, 3.05) is 40.4 Å². The zero-order valence-electron chi connectivity index (χ0n) is 16.1. The highest BCUT2D eigenvalue weighted by Gasteiger charge is 2.23. The van der Waals surface area contributed by atoms with E-state index in [2.05, 4.69) is 15.6 Å². The Morgan fingerprint density at radius 3 is 2.25 bits per heavy atom. The number of rotatable bonds is 8. The molecule has 0 aliphatic carbocycles. The fourth-order valence-electron chi connectivity index (χ4n) is 1.83. The van der Waals surface area contributed by atoms with Crippen LogP contribution >= 0.6 is 24.0 Å². The third-order valence-electron chi connectivity index (χ3n) is 2.94. The van der Waals surface area contributed by atoms with Crippen molar-refractivity contribution in [1.29, 1.82) is 0 Å². The molecule has 0 spiro atoms. The van der Waals surface area contributed by atoms with Gasteiger partial charge in [-0.15, -0.1) is 24.0 Å². The van der Waals surface area contributed by atoms with E-state index in [1.165, 1.54) is 0 Å². The van der Waals surface area contributed by atoms with E-state index in [4.69, 9.17) is 9.47 Å². The largest absolute Gasteiger partial charge is 0.444 e. The summed E-state index contributed by atoms with van der Waals surface area (Å²) in [5.41, 5.74) is -0.476. The molecule has 0 radical (unpaired) electrons. The van der Waals surface area contributed by atoms with Crippen molar-refractivity contribution in [2.24, 2.45) is 4.99 Å². The Kier molecular flexibility index (Phi) is 14.3.